The van der Waals surface area contributed by atoms with Gasteiger partial charge in [-0.1, -0.05) is 6.92 Å². The van der Waals surface area contributed by atoms with Crippen molar-refractivity contribution in [2.75, 3.05) is 0 Å². The standard InChI is InChI=1S/C11H12F2O3/c1-6(2-10(14)15)11(16)7-3-8(12)5-9(13)4-7/h3-6,11,16H,2H2,1H3,(H,14,15). The molecule has 1 rings (SSSR count). The number of rotatable bonds is 4. The van der Waals surface area contributed by atoms with Gasteiger partial charge in [-0.2, -0.15) is 0 Å². The van der Waals surface area contributed by atoms with Gasteiger partial charge in [0.2, 0.25) is 0 Å². The van der Waals surface area contributed by atoms with Gasteiger partial charge in [0.1, 0.15) is 11.6 Å². The highest BCUT2D eigenvalue weighted by Gasteiger charge is 2.20. The number of aliphatic hydroxyl groups excluding tert-OH is 1. The van der Waals surface area contributed by atoms with E-state index in [9.17, 15) is 18.7 Å². The Labute approximate surface area is 91.3 Å². The van der Waals surface area contributed by atoms with Crippen molar-refractivity contribution >= 4 is 5.97 Å². The molecule has 2 N–H and O–H groups in total. The number of halogens is 2. The van der Waals surface area contributed by atoms with Crippen LogP contribution in [0.1, 0.15) is 25.0 Å². The summed E-state index contributed by atoms with van der Waals surface area (Å²) in [6.45, 7) is 1.50. The van der Waals surface area contributed by atoms with Gasteiger partial charge in [0.25, 0.3) is 0 Å². The topological polar surface area (TPSA) is 57.5 Å². The molecule has 16 heavy (non-hydrogen) atoms. The number of hydrogen-bond acceptors (Lipinski definition) is 2. The summed E-state index contributed by atoms with van der Waals surface area (Å²) < 4.78 is 25.7. The van der Waals surface area contributed by atoms with Crippen molar-refractivity contribution in [1.29, 1.82) is 0 Å². The zero-order valence-corrected chi connectivity index (χ0v) is 8.65. The van der Waals surface area contributed by atoms with E-state index < -0.39 is 29.6 Å². The number of aliphatic hydroxyl groups is 1. The molecule has 2 unspecified atom stereocenters. The van der Waals surface area contributed by atoms with Gasteiger partial charge in [-0.25, -0.2) is 8.78 Å². The quantitative estimate of drug-likeness (QED) is 0.832. The monoisotopic (exact) mass is 230 g/mol. The minimum atomic E-state index is -1.19. The van der Waals surface area contributed by atoms with Gasteiger partial charge in [-0.05, 0) is 23.6 Å². The molecule has 0 aliphatic rings. The predicted molar refractivity (Wildman–Crippen MR) is 52.7 cm³/mol. The van der Waals surface area contributed by atoms with Crippen molar-refractivity contribution in [3.05, 3.63) is 35.4 Å². The van der Waals surface area contributed by atoms with Crippen molar-refractivity contribution in [3.8, 4) is 0 Å². The largest absolute Gasteiger partial charge is 0.481 e. The lowest BCUT2D eigenvalue weighted by Crippen LogP contribution is -2.14. The Morgan fingerprint density at radius 2 is 1.81 bits per heavy atom. The van der Waals surface area contributed by atoms with Gasteiger partial charge in [0, 0.05) is 6.07 Å². The maximum absolute atomic E-state index is 12.8. The van der Waals surface area contributed by atoms with E-state index in [1.807, 2.05) is 0 Å². The summed E-state index contributed by atoms with van der Waals surface area (Å²) >= 11 is 0. The summed E-state index contributed by atoms with van der Waals surface area (Å²) in [6, 6.07) is 2.68. The highest BCUT2D eigenvalue weighted by molar-refractivity contribution is 5.67. The van der Waals surface area contributed by atoms with Gasteiger partial charge < -0.3 is 10.2 Å². The van der Waals surface area contributed by atoms with E-state index in [2.05, 4.69) is 0 Å². The fraction of sp³-hybridized carbons (Fsp3) is 0.364. The molecular formula is C11H12F2O3. The van der Waals surface area contributed by atoms with Gasteiger partial charge >= 0.3 is 5.97 Å². The zero-order valence-electron chi connectivity index (χ0n) is 8.65. The number of carboxylic acid groups (broad SMARTS) is 1. The van der Waals surface area contributed by atoms with Crippen molar-refractivity contribution in [1.82, 2.24) is 0 Å². The van der Waals surface area contributed by atoms with Crippen molar-refractivity contribution < 1.29 is 23.8 Å². The minimum absolute atomic E-state index is 0.0475. The first-order valence-corrected chi connectivity index (χ1v) is 4.76. The maximum Gasteiger partial charge on any atom is 0.303 e. The van der Waals surface area contributed by atoms with E-state index in [-0.39, 0.29) is 12.0 Å². The van der Waals surface area contributed by atoms with E-state index in [4.69, 9.17) is 5.11 Å². The van der Waals surface area contributed by atoms with E-state index in [0.29, 0.717) is 6.07 Å². The van der Waals surface area contributed by atoms with Crippen LogP contribution in [0.5, 0.6) is 0 Å². The first kappa shape index (κ1) is 12.6. The van der Waals surface area contributed by atoms with E-state index in [1.165, 1.54) is 6.92 Å². The van der Waals surface area contributed by atoms with Gasteiger partial charge in [-0.15, -0.1) is 0 Å². The van der Waals surface area contributed by atoms with E-state index in [1.54, 1.807) is 0 Å². The molecule has 0 aliphatic heterocycles. The second kappa shape index (κ2) is 5.03. The summed E-state index contributed by atoms with van der Waals surface area (Å²) in [7, 11) is 0. The van der Waals surface area contributed by atoms with Crippen molar-refractivity contribution in [2.24, 2.45) is 5.92 Å². The zero-order chi connectivity index (χ0) is 12.3. The van der Waals surface area contributed by atoms with Crippen LogP contribution in [0.25, 0.3) is 0 Å². The normalized spacial score (nSPS) is 14.5. The molecule has 5 heteroatoms. The molecule has 1 aromatic carbocycles. The lowest BCUT2D eigenvalue weighted by molar-refractivity contribution is -0.139. The molecule has 0 amide bonds. The fourth-order valence-electron chi connectivity index (χ4n) is 1.46. The molecule has 0 spiro atoms. The van der Waals surface area contributed by atoms with Gasteiger partial charge in [0.15, 0.2) is 0 Å². The Morgan fingerprint density at radius 3 is 2.25 bits per heavy atom. The third-order valence-electron chi connectivity index (χ3n) is 2.26. The average molecular weight is 230 g/mol. The Morgan fingerprint density at radius 1 is 1.31 bits per heavy atom. The summed E-state index contributed by atoms with van der Waals surface area (Å²) in [5, 5.41) is 18.2. The molecule has 3 nitrogen and oxygen atoms in total. The molecule has 2 atom stereocenters. The minimum Gasteiger partial charge on any atom is -0.481 e. The molecule has 0 saturated carbocycles. The second-order valence-electron chi connectivity index (χ2n) is 3.72. The lowest BCUT2D eigenvalue weighted by atomic mass is 9.94. The summed E-state index contributed by atoms with van der Waals surface area (Å²) in [5.41, 5.74) is 0.0475. The SMILES string of the molecule is CC(CC(=O)O)C(O)c1cc(F)cc(F)c1. The number of carboxylic acids is 1. The number of aliphatic carboxylic acids is 1. The van der Waals surface area contributed by atoms with Crippen LogP contribution >= 0.6 is 0 Å². The summed E-state index contributed by atoms with van der Waals surface area (Å²) in [4.78, 5) is 10.4. The molecule has 0 fully saturated rings. The molecule has 0 aliphatic carbocycles. The highest BCUT2D eigenvalue weighted by atomic mass is 19.1. The highest BCUT2D eigenvalue weighted by Crippen LogP contribution is 2.25. The predicted octanol–water partition coefficient (Wildman–Crippen LogP) is 2.11. The third-order valence-corrected chi connectivity index (χ3v) is 2.26. The molecule has 0 radical (unpaired) electrons. The number of carbonyl (C=O) groups is 1. The van der Waals surface area contributed by atoms with Crippen LogP contribution in [0.2, 0.25) is 0 Å². The fourth-order valence-corrected chi connectivity index (χ4v) is 1.46. The van der Waals surface area contributed by atoms with Crippen LogP contribution in [-0.4, -0.2) is 16.2 Å². The molecule has 0 bridgehead atoms. The van der Waals surface area contributed by atoms with Crippen LogP contribution in [0.15, 0.2) is 18.2 Å². The molecule has 1 aromatic rings. The van der Waals surface area contributed by atoms with Crippen LogP contribution in [0.3, 0.4) is 0 Å². The third kappa shape index (κ3) is 3.27. The number of benzene rings is 1. The van der Waals surface area contributed by atoms with E-state index >= 15 is 0 Å². The van der Waals surface area contributed by atoms with Crippen LogP contribution in [0, 0.1) is 17.6 Å². The number of hydrogen-bond donors (Lipinski definition) is 2. The van der Waals surface area contributed by atoms with Crippen LogP contribution < -0.4 is 0 Å². The maximum atomic E-state index is 12.8. The lowest BCUT2D eigenvalue weighted by Gasteiger charge is -2.17. The summed E-state index contributed by atoms with van der Waals surface area (Å²) in [5.74, 6) is -3.27. The van der Waals surface area contributed by atoms with Crippen molar-refractivity contribution in [3.63, 3.8) is 0 Å². The van der Waals surface area contributed by atoms with Gasteiger partial charge in [-0.3, -0.25) is 4.79 Å². The van der Waals surface area contributed by atoms with Crippen LogP contribution in [-0.2, 0) is 4.79 Å². The molecule has 0 saturated heterocycles. The first-order valence-electron chi connectivity index (χ1n) is 4.76. The average Bonchev–Trinajstić information content (AvgIpc) is 2.13. The van der Waals surface area contributed by atoms with Gasteiger partial charge in [0.05, 0.1) is 12.5 Å². The molecule has 88 valence electrons. The first-order chi connectivity index (χ1) is 7.40. The van der Waals surface area contributed by atoms with Crippen molar-refractivity contribution in [2.45, 2.75) is 19.4 Å². The summed E-state index contributed by atoms with van der Waals surface area (Å²) in [6.07, 6.45) is -1.46. The smallest absolute Gasteiger partial charge is 0.303 e. The second-order valence-corrected chi connectivity index (χ2v) is 3.72. The molecule has 0 aromatic heterocycles. The Balaban J connectivity index is 2.86. The van der Waals surface area contributed by atoms with E-state index in [0.717, 1.165) is 12.1 Å². The van der Waals surface area contributed by atoms with Crippen LogP contribution in [0.4, 0.5) is 8.78 Å². The Kier molecular flexibility index (Phi) is 3.95. The Hall–Kier alpha value is -1.49. The molecular weight excluding hydrogens is 218 g/mol. The Bertz CT molecular complexity index is 373. The molecule has 0 heterocycles.